The monoisotopic (exact) mass is 289 g/mol. The highest BCUT2D eigenvalue weighted by Gasteiger charge is 2.29. The van der Waals surface area contributed by atoms with Crippen molar-refractivity contribution in [1.29, 1.82) is 0 Å². The van der Waals surface area contributed by atoms with E-state index in [9.17, 15) is 4.57 Å². The molecular formula is C17H22O2P+. The fourth-order valence-electron chi connectivity index (χ4n) is 3.17. The van der Waals surface area contributed by atoms with E-state index in [-0.39, 0.29) is 5.41 Å². The maximum atomic E-state index is 12.4. The summed E-state index contributed by atoms with van der Waals surface area (Å²) in [5.74, 6) is 0. The molecule has 2 nitrogen and oxygen atoms in total. The second kappa shape index (κ2) is 4.70. The zero-order chi connectivity index (χ0) is 14.5. The van der Waals surface area contributed by atoms with E-state index in [1.165, 1.54) is 28.5 Å². The topological polar surface area (TPSA) is 30.2 Å². The number of fused-ring (bicyclic) bond motifs is 3. The summed E-state index contributed by atoms with van der Waals surface area (Å²) < 4.78 is 18.3. The van der Waals surface area contributed by atoms with Crippen molar-refractivity contribution in [3.63, 3.8) is 0 Å². The molecule has 1 aromatic heterocycles. The van der Waals surface area contributed by atoms with Crippen LogP contribution in [-0.2, 0) is 22.8 Å². The molecule has 1 aliphatic rings. The van der Waals surface area contributed by atoms with E-state index in [4.69, 9.17) is 4.20 Å². The van der Waals surface area contributed by atoms with Crippen LogP contribution in [0.3, 0.4) is 0 Å². The third-order valence-corrected chi connectivity index (χ3v) is 5.48. The molecule has 3 rings (SSSR count). The minimum Gasteiger partial charge on any atom is -0.250 e. The van der Waals surface area contributed by atoms with Gasteiger partial charge >= 0.3 is 7.65 Å². The van der Waals surface area contributed by atoms with Gasteiger partial charge in [-0.05, 0) is 47.8 Å². The fraction of sp³-hybridized carbons (Fsp3) is 0.529. The Morgan fingerprint density at radius 3 is 2.55 bits per heavy atom. The van der Waals surface area contributed by atoms with Crippen LogP contribution in [0, 0.1) is 6.92 Å². The van der Waals surface area contributed by atoms with Crippen molar-refractivity contribution in [2.24, 2.45) is 0 Å². The van der Waals surface area contributed by atoms with Gasteiger partial charge in [0.2, 0.25) is 5.30 Å². The number of hydrogen-bond acceptors (Lipinski definition) is 2. The molecule has 0 aliphatic heterocycles. The molecule has 0 radical (unpaired) electrons. The Balaban J connectivity index is 2.45. The molecule has 1 heterocycles. The summed E-state index contributed by atoms with van der Waals surface area (Å²) in [6.45, 7) is 8.68. The molecule has 0 saturated carbocycles. The van der Waals surface area contributed by atoms with Crippen LogP contribution in [0.25, 0.3) is 11.0 Å². The van der Waals surface area contributed by atoms with Gasteiger partial charge in [0.1, 0.15) is 0 Å². The van der Waals surface area contributed by atoms with Crippen molar-refractivity contribution in [1.82, 2.24) is 0 Å². The van der Waals surface area contributed by atoms with Crippen LogP contribution >= 0.6 is 7.65 Å². The number of hydrogen-bond donors (Lipinski definition) is 0. The number of aryl methyl sites for hydroxylation is 2. The lowest BCUT2D eigenvalue weighted by molar-refractivity contribution is 0.544. The number of rotatable bonds is 0. The minimum absolute atomic E-state index is 0.000985. The molecule has 0 N–H and O–H groups in total. The van der Waals surface area contributed by atoms with Crippen molar-refractivity contribution < 1.29 is 8.76 Å². The Morgan fingerprint density at radius 1 is 1.15 bits per heavy atom. The van der Waals surface area contributed by atoms with Crippen LogP contribution in [0.5, 0.6) is 0 Å². The largest absolute Gasteiger partial charge is 0.593 e. The molecule has 20 heavy (non-hydrogen) atoms. The van der Waals surface area contributed by atoms with Crippen molar-refractivity contribution in [3.05, 3.63) is 34.1 Å². The second-order valence-corrected chi connectivity index (χ2v) is 8.16. The molecular weight excluding hydrogens is 267 g/mol. The molecule has 0 spiro atoms. The van der Waals surface area contributed by atoms with E-state index in [1.54, 1.807) is 0 Å². The van der Waals surface area contributed by atoms with Gasteiger partial charge in [-0.2, -0.15) is 0 Å². The van der Waals surface area contributed by atoms with Gasteiger partial charge in [0.15, 0.2) is 5.58 Å². The van der Waals surface area contributed by atoms with E-state index < -0.39 is 7.65 Å². The van der Waals surface area contributed by atoms with E-state index in [0.29, 0.717) is 0 Å². The molecule has 0 fully saturated rings. The molecule has 0 amide bonds. The predicted octanol–water partition coefficient (Wildman–Crippen LogP) is 5.66. The average molecular weight is 289 g/mol. The Morgan fingerprint density at radius 2 is 1.85 bits per heavy atom. The van der Waals surface area contributed by atoms with Crippen molar-refractivity contribution >= 4 is 18.6 Å². The first-order chi connectivity index (χ1) is 9.38. The van der Waals surface area contributed by atoms with E-state index in [0.717, 1.165) is 30.1 Å². The van der Waals surface area contributed by atoms with E-state index >= 15 is 0 Å². The van der Waals surface area contributed by atoms with Crippen molar-refractivity contribution in [3.8, 4) is 0 Å². The van der Waals surface area contributed by atoms with Gasteiger partial charge in [-0.3, -0.25) is 0 Å². The lowest BCUT2D eigenvalue weighted by Gasteiger charge is -2.21. The van der Waals surface area contributed by atoms with Crippen LogP contribution in [0.2, 0.25) is 0 Å². The fourth-order valence-corrected chi connectivity index (χ4v) is 4.44. The molecule has 3 heteroatoms. The SMILES string of the molecule is Cc1cc(C(C)(C)C)c2o[p+](=O)c3c(c2c1)CCCC3. The normalized spacial score (nSPS) is 16.3. The van der Waals surface area contributed by atoms with E-state index in [2.05, 4.69) is 39.8 Å². The summed E-state index contributed by atoms with van der Waals surface area (Å²) in [6, 6.07) is 4.38. The van der Waals surface area contributed by atoms with Gasteiger partial charge in [-0.25, -0.2) is 4.20 Å². The van der Waals surface area contributed by atoms with Gasteiger partial charge in [0.25, 0.3) is 0 Å². The van der Waals surface area contributed by atoms with Crippen LogP contribution in [-0.4, -0.2) is 0 Å². The summed E-state index contributed by atoms with van der Waals surface area (Å²) in [5, 5.41) is 2.25. The quantitative estimate of drug-likeness (QED) is 0.626. The first kappa shape index (κ1) is 13.8. The predicted molar refractivity (Wildman–Crippen MR) is 83.9 cm³/mol. The minimum atomic E-state index is -1.68. The lowest BCUT2D eigenvalue weighted by Crippen LogP contribution is -2.13. The highest BCUT2D eigenvalue weighted by atomic mass is 31.1. The standard InChI is InChI=1S/C17H22O2P/c1-11-9-13-12-7-5-6-8-15(12)20(18)19-16(13)14(10-11)17(2,3)4/h9-10H,5-8H2,1-4H3/q+1. The maximum Gasteiger partial charge on any atom is 0.593 e. The smallest absolute Gasteiger partial charge is 0.250 e. The third kappa shape index (κ3) is 2.20. The molecule has 2 aromatic rings. The van der Waals surface area contributed by atoms with Crippen LogP contribution in [0.1, 0.15) is 55.6 Å². The first-order valence-corrected chi connectivity index (χ1v) is 8.58. The second-order valence-electron chi connectivity index (χ2n) is 6.92. The first-order valence-electron chi connectivity index (χ1n) is 7.40. The molecule has 106 valence electrons. The maximum absolute atomic E-state index is 12.4. The Bertz CT molecular complexity index is 735. The molecule has 1 aliphatic carbocycles. The summed E-state index contributed by atoms with van der Waals surface area (Å²) >= 11 is 0. The molecule has 0 saturated heterocycles. The molecule has 1 unspecified atom stereocenters. The highest BCUT2D eigenvalue weighted by molar-refractivity contribution is 7.31. The zero-order valence-corrected chi connectivity index (χ0v) is 13.6. The highest BCUT2D eigenvalue weighted by Crippen LogP contribution is 2.41. The summed E-state index contributed by atoms with van der Waals surface area (Å²) in [4.78, 5) is 0. The van der Waals surface area contributed by atoms with Crippen molar-refractivity contribution in [2.75, 3.05) is 0 Å². The molecule has 0 bridgehead atoms. The van der Waals surface area contributed by atoms with Gasteiger partial charge in [0, 0.05) is 22.9 Å². The number of benzene rings is 1. The van der Waals surface area contributed by atoms with Gasteiger partial charge in [-0.15, -0.1) is 0 Å². The van der Waals surface area contributed by atoms with E-state index in [1.807, 2.05) is 0 Å². The zero-order valence-electron chi connectivity index (χ0n) is 12.7. The molecule has 1 aromatic carbocycles. The average Bonchev–Trinajstić information content (AvgIpc) is 2.38. The van der Waals surface area contributed by atoms with Crippen LogP contribution < -0.4 is 0 Å². The van der Waals surface area contributed by atoms with Crippen LogP contribution in [0.15, 0.2) is 16.3 Å². The Labute approximate surface area is 121 Å². The Hall–Kier alpha value is -1.14. The van der Waals surface area contributed by atoms with Crippen LogP contribution in [0.4, 0.5) is 0 Å². The summed E-state index contributed by atoms with van der Waals surface area (Å²) in [7, 11) is -1.68. The summed E-state index contributed by atoms with van der Waals surface area (Å²) in [6.07, 6.45) is 4.30. The van der Waals surface area contributed by atoms with Crippen molar-refractivity contribution in [2.45, 2.75) is 58.8 Å². The van der Waals surface area contributed by atoms with Gasteiger partial charge in [-0.1, -0.05) is 26.8 Å². The Kier molecular flexibility index (Phi) is 3.25. The third-order valence-electron chi connectivity index (χ3n) is 4.20. The lowest BCUT2D eigenvalue weighted by atomic mass is 9.83. The summed E-state index contributed by atoms with van der Waals surface area (Å²) in [5.41, 5.74) is 4.59. The molecule has 1 atom stereocenters. The van der Waals surface area contributed by atoms with Gasteiger partial charge in [0.05, 0.1) is 0 Å². The van der Waals surface area contributed by atoms with Gasteiger partial charge < -0.3 is 0 Å².